The SMILES string of the molecule is CS(=O)(=O)OCCCCC[C@@H]1SC[C@@H]2NC(=O)N[C@@H]21. The second-order valence-corrected chi connectivity index (χ2v) is 7.91. The Morgan fingerprint density at radius 2 is 2.11 bits per heavy atom. The van der Waals surface area contributed by atoms with Crippen molar-refractivity contribution in [3.8, 4) is 0 Å². The van der Waals surface area contributed by atoms with E-state index in [1.54, 1.807) is 0 Å². The summed E-state index contributed by atoms with van der Waals surface area (Å²) in [5, 5.41) is 6.35. The Morgan fingerprint density at radius 1 is 1.32 bits per heavy atom. The largest absolute Gasteiger partial charge is 0.332 e. The van der Waals surface area contributed by atoms with E-state index in [1.165, 1.54) is 0 Å². The van der Waals surface area contributed by atoms with Gasteiger partial charge in [0, 0.05) is 11.0 Å². The second kappa shape index (κ2) is 6.32. The molecule has 0 radical (unpaired) electrons. The lowest BCUT2D eigenvalue weighted by molar-refractivity contribution is 0.247. The molecule has 0 aromatic carbocycles. The average molecular weight is 308 g/mol. The summed E-state index contributed by atoms with van der Waals surface area (Å²) >= 11 is 1.90. The molecule has 2 heterocycles. The predicted octanol–water partition coefficient (Wildman–Crippen LogP) is 0.688. The third-order valence-electron chi connectivity index (χ3n) is 3.37. The topological polar surface area (TPSA) is 84.5 Å². The molecule has 2 aliphatic heterocycles. The summed E-state index contributed by atoms with van der Waals surface area (Å²) in [7, 11) is -3.30. The van der Waals surface area contributed by atoms with Crippen LogP contribution in [-0.4, -0.2) is 50.4 Å². The molecular formula is C11H20N2O4S2. The Morgan fingerprint density at radius 3 is 2.84 bits per heavy atom. The molecule has 3 atom stereocenters. The van der Waals surface area contributed by atoms with Gasteiger partial charge in [0.2, 0.25) is 0 Å². The minimum absolute atomic E-state index is 0.0538. The molecular weight excluding hydrogens is 288 g/mol. The molecule has 8 heteroatoms. The molecule has 2 N–H and O–H groups in total. The van der Waals surface area contributed by atoms with Crippen molar-refractivity contribution >= 4 is 27.9 Å². The maximum absolute atomic E-state index is 11.2. The van der Waals surface area contributed by atoms with Gasteiger partial charge in [0.05, 0.1) is 24.9 Å². The standard InChI is InChI=1S/C11H20N2O4S2/c1-19(15,16)17-6-4-2-3-5-9-10-8(7-18-9)12-11(14)13-10/h8-10H,2-7H2,1H3,(H2,12,13,14)/t8-,9-,10-/m0/s1. The van der Waals surface area contributed by atoms with Crippen LogP contribution in [0.1, 0.15) is 25.7 Å². The van der Waals surface area contributed by atoms with Gasteiger partial charge in [-0.3, -0.25) is 4.18 Å². The molecule has 2 aliphatic rings. The summed E-state index contributed by atoms with van der Waals surface area (Å²) in [6.45, 7) is 0.265. The zero-order valence-corrected chi connectivity index (χ0v) is 12.6. The fraction of sp³-hybridized carbons (Fsp3) is 0.909. The van der Waals surface area contributed by atoms with E-state index in [0.717, 1.165) is 37.7 Å². The third-order valence-corrected chi connectivity index (χ3v) is 5.47. The van der Waals surface area contributed by atoms with Crippen molar-refractivity contribution < 1.29 is 17.4 Å². The van der Waals surface area contributed by atoms with Crippen LogP contribution in [0.4, 0.5) is 4.79 Å². The molecule has 2 fully saturated rings. The number of thioether (sulfide) groups is 1. The molecule has 0 spiro atoms. The fourth-order valence-electron chi connectivity index (χ4n) is 2.48. The van der Waals surface area contributed by atoms with E-state index >= 15 is 0 Å². The van der Waals surface area contributed by atoms with Crippen LogP contribution >= 0.6 is 11.8 Å². The maximum Gasteiger partial charge on any atom is 0.315 e. The van der Waals surface area contributed by atoms with Crippen molar-refractivity contribution in [2.45, 2.75) is 43.0 Å². The van der Waals surface area contributed by atoms with Crippen LogP contribution in [0.2, 0.25) is 0 Å². The van der Waals surface area contributed by atoms with Gasteiger partial charge in [-0.25, -0.2) is 4.79 Å². The van der Waals surface area contributed by atoms with E-state index in [1.807, 2.05) is 11.8 Å². The zero-order chi connectivity index (χ0) is 13.9. The molecule has 0 bridgehead atoms. The van der Waals surface area contributed by atoms with E-state index < -0.39 is 10.1 Å². The number of rotatable bonds is 7. The van der Waals surface area contributed by atoms with Crippen LogP contribution in [0, 0.1) is 0 Å². The van der Waals surface area contributed by atoms with Gasteiger partial charge >= 0.3 is 6.03 Å². The van der Waals surface area contributed by atoms with Gasteiger partial charge < -0.3 is 10.6 Å². The van der Waals surface area contributed by atoms with Gasteiger partial charge in [-0.05, 0) is 12.8 Å². The van der Waals surface area contributed by atoms with E-state index in [2.05, 4.69) is 14.8 Å². The minimum Gasteiger partial charge on any atom is -0.332 e. The van der Waals surface area contributed by atoms with Crippen LogP contribution in [0.3, 0.4) is 0 Å². The smallest absolute Gasteiger partial charge is 0.315 e. The van der Waals surface area contributed by atoms with E-state index in [4.69, 9.17) is 0 Å². The molecule has 0 unspecified atom stereocenters. The van der Waals surface area contributed by atoms with Crippen molar-refractivity contribution in [1.29, 1.82) is 0 Å². The molecule has 0 aromatic heterocycles. The van der Waals surface area contributed by atoms with Crippen molar-refractivity contribution in [2.75, 3.05) is 18.6 Å². The van der Waals surface area contributed by atoms with Crippen LogP contribution in [0.25, 0.3) is 0 Å². The molecule has 2 amide bonds. The molecule has 0 aliphatic carbocycles. The Labute approximate surface area is 118 Å². The first-order valence-corrected chi connectivity index (χ1v) is 9.35. The first kappa shape index (κ1) is 14.9. The molecule has 2 saturated heterocycles. The highest BCUT2D eigenvalue weighted by molar-refractivity contribution is 8.00. The molecule has 0 saturated carbocycles. The molecule has 2 rings (SSSR count). The number of hydrogen-bond acceptors (Lipinski definition) is 5. The van der Waals surface area contributed by atoms with Gasteiger partial charge in [0.1, 0.15) is 0 Å². The Kier molecular flexibility index (Phi) is 4.97. The lowest BCUT2D eigenvalue weighted by Crippen LogP contribution is -2.36. The summed E-state index contributed by atoms with van der Waals surface area (Å²) < 4.78 is 26.2. The minimum atomic E-state index is -3.30. The first-order chi connectivity index (χ1) is 8.96. The van der Waals surface area contributed by atoms with Crippen LogP contribution < -0.4 is 10.6 Å². The van der Waals surface area contributed by atoms with Gasteiger partial charge in [0.15, 0.2) is 0 Å². The summed E-state index contributed by atoms with van der Waals surface area (Å²) in [5.41, 5.74) is 0. The number of unbranched alkanes of at least 4 members (excludes halogenated alkanes) is 2. The number of carbonyl (C=O) groups excluding carboxylic acids is 1. The van der Waals surface area contributed by atoms with E-state index in [-0.39, 0.29) is 24.7 Å². The molecule has 110 valence electrons. The number of urea groups is 1. The van der Waals surface area contributed by atoms with Gasteiger partial charge in [-0.2, -0.15) is 20.2 Å². The quantitative estimate of drug-likeness (QED) is 0.411. The van der Waals surface area contributed by atoms with Gasteiger partial charge in [-0.15, -0.1) is 0 Å². The van der Waals surface area contributed by atoms with Gasteiger partial charge in [0.25, 0.3) is 10.1 Å². The monoisotopic (exact) mass is 308 g/mol. The number of hydrogen-bond donors (Lipinski definition) is 2. The second-order valence-electron chi connectivity index (χ2n) is 5.00. The fourth-order valence-corrected chi connectivity index (χ4v) is 4.44. The lowest BCUT2D eigenvalue weighted by atomic mass is 10.0. The summed E-state index contributed by atoms with van der Waals surface area (Å²) in [6.07, 6.45) is 4.85. The molecule has 0 aromatic rings. The van der Waals surface area contributed by atoms with Crippen LogP contribution in [-0.2, 0) is 14.3 Å². The van der Waals surface area contributed by atoms with E-state index in [0.29, 0.717) is 5.25 Å². The van der Waals surface area contributed by atoms with Crippen molar-refractivity contribution in [2.24, 2.45) is 0 Å². The summed E-state index contributed by atoms with van der Waals surface area (Å²) in [6, 6.07) is 0.475. The third kappa shape index (κ3) is 4.54. The van der Waals surface area contributed by atoms with Crippen molar-refractivity contribution in [3.63, 3.8) is 0 Å². The summed E-state index contributed by atoms with van der Waals surface area (Å²) in [5.74, 6) is 0.977. The van der Waals surface area contributed by atoms with Crippen LogP contribution in [0.5, 0.6) is 0 Å². The first-order valence-electron chi connectivity index (χ1n) is 6.49. The van der Waals surface area contributed by atoms with Gasteiger partial charge in [-0.1, -0.05) is 12.8 Å². The van der Waals surface area contributed by atoms with E-state index in [9.17, 15) is 13.2 Å². The highest BCUT2D eigenvalue weighted by Crippen LogP contribution is 2.33. The summed E-state index contributed by atoms with van der Waals surface area (Å²) in [4.78, 5) is 11.2. The lowest BCUT2D eigenvalue weighted by Gasteiger charge is -2.16. The maximum atomic E-state index is 11.2. The molecule has 19 heavy (non-hydrogen) atoms. The number of carbonyl (C=O) groups is 1. The molecule has 6 nitrogen and oxygen atoms in total. The highest BCUT2D eigenvalue weighted by Gasteiger charge is 2.42. The van der Waals surface area contributed by atoms with Crippen molar-refractivity contribution in [3.05, 3.63) is 0 Å². The number of amides is 2. The normalized spacial score (nSPS) is 29.9. The average Bonchev–Trinajstić information content (AvgIpc) is 2.82. The Hall–Kier alpha value is -0.470. The highest BCUT2D eigenvalue weighted by atomic mass is 32.2. The Balaban J connectivity index is 1.58. The predicted molar refractivity (Wildman–Crippen MR) is 74.8 cm³/mol. The zero-order valence-electron chi connectivity index (χ0n) is 10.9. The number of nitrogens with one attached hydrogen (secondary N) is 2. The van der Waals surface area contributed by atoms with Crippen molar-refractivity contribution in [1.82, 2.24) is 10.6 Å². The Bertz CT molecular complexity index is 426. The van der Waals surface area contributed by atoms with Crippen LogP contribution in [0.15, 0.2) is 0 Å². The number of fused-ring (bicyclic) bond motifs is 1.